The molecular weight excluding hydrogens is 358 g/mol. The molecule has 5 rings (SSSR count). The minimum absolute atomic E-state index is 0.0349. The predicted molar refractivity (Wildman–Crippen MR) is 103 cm³/mol. The zero-order chi connectivity index (χ0) is 20.1. The maximum atomic E-state index is 13.2. The number of hydrogen-bond acceptors (Lipinski definition) is 4. The van der Waals surface area contributed by atoms with Gasteiger partial charge in [-0.15, -0.1) is 0 Å². The lowest BCUT2D eigenvalue weighted by Gasteiger charge is -2.58. The summed E-state index contributed by atoms with van der Waals surface area (Å²) in [6.07, 6.45) is 4.72. The van der Waals surface area contributed by atoms with Crippen molar-refractivity contribution in [2.75, 3.05) is 6.61 Å². The average molecular weight is 387 g/mol. The van der Waals surface area contributed by atoms with Crippen molar-refractivity contribution in [2.24, 2.45) is 17.8 Å². The lowest BCUT2D eigenvalue weighted by molar-refractivity contribution is -0.148. The molecule has 0 radical (unpaired) electrons. The maximum absolute atomic E-state index is 13.2. The van der Waals surface area contributed by atoms with Crippen LogP contribution >= 0.6 is 0 Å². The highest BCUT2D eigenvalue weighted by Gasteiger charge is 2.55. The van der Waals surface area contributed by atoms with Crippen LogP contribution in [0.4, 0.5) is 0 Å². The van der Waals surface area contributed by atoms with Crippen LogP contribution in [-0.2, 0) is 15.0 Å². The smallest absolute Gasteiger partial charge is 0.341 e. The summed E-state index contributed by atoms with van der Waals surface area (Å²) in [5.74, 6) is 0.699. The van der Waals surface area contributed by atoms with E-state index in [1.54, 1.807) is 18.2 Å². The third-order valence-corrected chi connectivity index (χ3v) is 7.02. The highest BCUT2D eigenvalue weighted by Crippen LogP contribution is 2.55. The Hall–Kier alpha value is -2.08. The molecular formula is C22H29NO5. The number of carbonyl (C=O) groups is 2. The first-order chi connectivity index (χ1) is 13.2. The van der Waals surface area contributed by atoms with Crippen LogP contribution in [-0.4, -0.2) is 40.3 Å². The molecule has 4 aliphatic rings. The van der Waals surface area contributed by atoms with Gasteiger partial charge in [0, 0.05) is 6.04 Å². The first-order valence-corrected chi connectivity index (χ1v) is 10.1. The van der Waals surface area contributed by atoms with Crippen molar-refractivity contribution < 1.29 is 24.5 Å². The summed E-state index contributed by atoms with van der Waals surface area (Å²) in [6, 6.07) is 7.21. The van der Waals surface area contributed by atoms with E-state index < -0.39 is 23.6 Å². The van der Waals surface area contributed by atoms with Gasteiger partial charge in [-0.2, -0.15) is 0 Å². The Balaban J connectivity index is 1.47. The molecule has 0 aromatic heterocycles. The van der Waals surface area contributed by atoms with Crippen LogP contribution in [0.5, 0.6) is 5.75 Å². The molecule has 0 heterocycles. The lowest BCUT2D eigenvalue weighted by Crippen LogP contribution is -2.62. The average Bonchev–Trinajstić information content (AvgIpc) is 2.61. The predicted octanol–water partition coefficient (Wildman–Crippen LogP) is 2.48. The molecule has 3 unspecified atom stereocenters. The van der Waals surface area contributed by atoms with E-state index in [1.165, 1.54) is 0 Å². The Morgan fingerprint density at radius 2 is 1.89 bits per heavy atom. The SMILES string of the molecule is CC(C)(C(=O)NC1[C@@H]2CC3C[C@H]1CC(O)(C3)C2)c1cccc(OCC(=O)O)c1. The first kappa shape index (κ1) is 19.2. The lowest BCUT2D eigenvalue weighted by atomic mass is 9.52. The fraction of sp³-hybridized carbons (Fsp3) is 0.636. The summed E-state index contributed by atoms with van der Waals surface area (Å²) in [7, 11) is 0. The number of benzene rings is 1. The van der Waals surface area contributed by atoms with Gasteiger partial charge in [0.1, 0.15) is 5.75 Å². The highest BCUT2D eigenvalue weighted by molar-refractivity contribution is 5.87. The van der Waals surface area contributed by atoms with Gasteiger partial charge >= 0.3 is 5.97 Å². The van der Waals surface area contributed by atoms with Crippen LogP contribution in [0, 0.1) is 17.8 Å². The fourth-order valence-electron chi connectivity index (χ4n) is 5.80. The number of aliphatic hydroxyl groups is 1. The van der Waals surface area contributed by atoms with E-state index >= 15 is 0 Å². The second kappa shape index (κ2) is 6.76. The molecule has 1 amide bonds. The topological polar surface area (TPSA) is 95.9 Å². The third kappa shape index (κ3) is 3.50. The van der Waals surface area contributed by atoms with Gasteiger partial charge in [-0.25, -0.2) is 4.79 Å². The summed E-state index contributed by atoms with van der Waals surface area (Å²) in [6.45, 7) is 3.34. The van der Waals surface area contributed by atoms with E-state index in [0.29, 0.717) is 23.5 Å². The second-order valence-corrected chi connectivity index (χ2v) is 9.53. The number of nitrogens with one attached hydrogen (secondary N) is 1. The Morgan fingerprint density at radius 3 is 2.50 bits per heavy atom. The van der Waals surface area contributed by atoms with E-state index in [1.807, 2.05) is 19.9 Å². The normalized spacial score (nSPS) is 33.5. The molecule has 6 heteroatoms. The van der Waals surface area contributed by atoms with Gasteiger partial charge in [-0.3, -0.25) is 4.79 Å². The summed E-state index contributed by atoms with van der Waals surface area (Å²) in [5.41, 5.74) is -0.493. The van der Waals surface area contributed by atoms with E-state index in [2.05, 4.69) is 5.32 Å². The molecule has 4 saturated carbocycles. The standard InChI is InChI=1S/C22H29NO5/c1-21(2,16-4-3-5-17(8-16)28-12-18(24)25)20(26)23-19-14-6-13-7-15(19)11-22(27,9-13)10-14/h3-5,8,13-15,19,27H,6-7,9-12H2,1-2H3,(H,23,26)(H,24,25)/t13?,14-,15+,19?,22?. The third-order valence-electron chi connectivity index (χ3n) is 7.02. The molecule has 4 bridgehead atoms. The number of hydrogen-bond donors (Lipinski definition) is 3. The van der Waals surface area contributed by atoms with E-state index in [0.717, 1.165) is 37.7 Å². The molecule has 152 valence electrons. The number of carboxylic acids is 1. The van der Waals surface area contributed by atoms with Crippen molar-refractivity contribution in [1.82, 2.24) is 5.32 Å². The van der Waals surface area contributed by atoms with Gasteiger partial charge in [0.05, 0.1) is 11.0 Å². The van der Waals surface area contributed by atoms with E-state index in [-0.39, 0.29) is 11.9 Å². The van der Waals surface area contributed by atoms with Crippen molar-refractivity contribution in [1.29, 1.82) is 0 Å². The van der Waals surface area contributed by atoms with Crippen LogP contribution < -0.4 is 10.1 Å². The zero-order valence-corrected chi connectivity index (χ0v) is 16.5. The molecule has 5 atom stereocenters. The summed E-state index contributed by atoms with van der Waals surface area (Å²) in [5, 5.41) is 22.8. The molecule has 4 fully saturated rings. The zero-order valence-electron chi connectivity index (χ0n) is 16.5. The highest BCUT2D eigenvalue weighted by atomic mass is 16.5. The molecule has 3 N–H and O–H groups in total. The monoisotopic (exact) mass is 387 g/mol. The molecule has 6 nitrogen and oxygen atoms in total. The minimum Gasteiger partial charge on any atom is -0.482 e. The number of amides is 1. The fourth-order valence-corrected chi connectivity index (χ4v) is 5.80. The van der Waals surface area contributed by atoms with Crippen molar-refractivity contribution in [3.05, 3.63) is 29.8 Å². The molecule has 4 aliphatic carbocycles. The number of ether oxygens (including phenoxy) is 1. The quantitative estimate of drug-likeness (QED) is 0.697. The first-order valence-electron chi connectivity index (χ1n) is 10.1. The maximum Gasteiger partial charge on any atom is 0.341 e. The van der Waals surface area contributed by atoms with Crippen molar-refractivity contribution >= 4 is 11.9 Å². The molecule has 0 spiro atoms. The van der Waals surface area contributed by atoms with Gasteiger partial charge < -0.3 is 20.3 Å². The van der Waals surface area contributed by atoms with E-state index in [4.69, 9.17) is 9.84 Å². The van der Waals surface area contributed by atoms with Crippen molar-refractivity contribution in [3.63, 3.8) is 0 Å². The van der Waals surface area contributed by atoms with Crippen molar-refractivity contribution in [3.8, 4) is 5.75 Å². The Morgan fingerprint density at radius 1 is 1.21 bits per heavy atom. The van der Waals surface area contributed by atoms with Crippen LogP contribution in [0.15, 0.2) is 24.3 Å². The van der Waals surface area contributed by atoms with Crippen LogP contribution in [0.1, 0.15) is 51.5 Å². The van der Waals surface area contributed by atoms with Crippen LogP contribution in [0.3, 0.4) is 0 Å². The minimum atomic E-state index is -1.04. The number of carbonyl (C=O) groups excluding carboxylic acids is 1. The van der Waals surface area contributed by atoms with Crippen LogP contribution in [0.2, 0.25) is 0 Å². The Kier molecular flexibility index (Phi) is 4.65. The van der Waals surface area contributed by atoms with Gasteiger partial charge in [0.25, 0.3) is 0 Å². The van der Waals surface area contributed by atoms with Gasteiger partial charge in [-0.05, 0) is 81.4 Å². The summed E-state index contributed by atoms with van der Waals surface area (Å²) >= 11 is 0. The van der Waals surface area contributed by atoms with Gasteiger partial charge in [-0.1, -0.05) is 12.1 Å². The largest absolute Gasteiger partial charge is 0.482 e. The molecule has 28 heavy (non-hydrogen) atoms. The molecule has 1 aromatic carbocycles. The summed E-state index contributed by atoms with van der Waals surface area (Å²) in [4.78, 5) is 23.9. The molecule has 1 aromatic rings. The van der Waals surface area contributed by atoms with Gasteiger partial charge in [0.15, 0.2) is 6.61 Å². The number of aliphatic carboxylic acids is 1. The Labute approximate surface area is 165 Å². The van der Waals surface area contributed by atoms with Crippen molar-refractivity contribution in [2.45, 2.75) is 63.0 Å². The number of rotatable bonds is 6. The van der Waals surface area contributed by atoms with Gasteiger partial charge in [0.2, 0.25) is 5.91 Å². The Bertz CT molecular complexity index is 773. The summed E-state index contributed by atoms with van der Waals surface area (Å²) < 4.78 is 5.26. The molecule has 0 aliphatic heterocycles. The second-order valence-electron chi connectivity index (χ2n) is 9.53. The van der Waals surface area contributed by atoms with Crippen LogP contribution in [0.25, 0.3) is 0 Å². The van der Waals surface area contributed by atoms with E-state index in [9.17, 15) is 14.7 Å². The molecule has 0 saturated heterocycles. The number of carboxylic acid groups (broad SMARTS) is 1.